The van der Waals surface area contributed by atoms with Gasteiger partial charge in [-0.1, -0.05) is 17.7 Å². The van der Waals surface area contributed by atoms with Crippen LogP contribution < -0.4 is 10.2 Å². The van der Waals surface area contributed by atoms with Gasteiger partial charge < -0.3 is 15.0 Å². The van der Waals surface area contributed by atoms with Gasteiger partial charge in [0.05, 0.1) is 23.8 Å². The predicted octanol–water partition coefficient (Wildman–Crippen LogP) is 3.03. The predicted molar refractivity (Wildman–Crippen MR) is 103 cm³/mol. The number of anilines is 3. The van der Waals surface area contributed by atoms with Crippen LogP contribution in [0, 0.1) is 6.92 Å². The summed E-state index contributed by atoms with van der Waals surface area (Å²) in [7, 11) is 1.90. The van der Waals surface area contributed by atoms with Gasteiger partial charge in [-0.25, -0.2) is 0 Å². The highest BCUT2D eigenvalue weighted by Gasteiger charge is 2.25. The van der Waals surface area contributed by atoms with Crippen molar-refractivity contribution < 1.29 is 4.74 Å². The quantitative estimate of drug-likeness (QED) is 0.781. The Bertz CT molecular complexity index is 910. The van der Waals surface area contributed by atoms with Gasteiger partial charge in [0.2, 0.25) is 5.95 Å². The first kappa shape index (κ1) is 16.8. The smallest absolute Gasteiger partial charge is 0.229 e. The van der Waals surface area contributed by atoms with E-state index in [-0.39, 0.29) is 12.2 Å². The Morgan fingerprint density at radius 2 is 1.77 bits per heavy atom. The van der Waals surface area contributed by atoms with Crippen LogP contribution in [0.4, 0.5) is 17.5 Å². The van der Waals surface area contributed by atoms with E-state index in [9.17, 15) is 0 Å². The van der Waals surface area contributed by atoms with E-state index in [0.29, 0.717) is 5.95 Å². The van der Waals surface area contributed by atoms with Crippen molar-refractivity contribution in [1.29, 1.82) is 0 Å². The van der Waals surface area contributed by atoms with Crippen molar-refractivity contribution in [2.45, 2.75) is 33.0 Å². The van der Waals surface area contributed by atoms with Gasteiger partial charge in [-0.3, -0.25) is 4.68 Å². The summed E-state index contributed by atoms with van der Waals surface area (Å²) < 4.78 is 7.63. The first-order valence-corrected chi connectivity index (χ1v) is 8.93. The van der Waals surface area contributed by atoms with E-state index in [1.807, 2.05) is 7.05 Å². The lowest BCUT2D eigenvalue weighted by molar-refractivity contribution is -0.00569. The molecule has 0 spiro atoms. The fraction of sp³-hybridized carbons (Fsp3) is 0.421. The number of hydrogen-bond donors (Lipinski definition) is 1. The molecule has 0 radical (unpaired) electrons. The lowest BCUT2D eigenvalue weighted by Gasteiger charge is -2.35. The average molecular weight is 352 g/mol. The van der Waals surface area contributed by atoms with Gasteiger partial charge in [-0.05, 0) is 32.9 Å². The van der Waals surface area contributed by atoms with Gasteiger partial charge >= 0.3 is 0 Å². The Morgan fingerprint density at radius 3 is 2.46 bits per heavy atom. The molecule has 1 aliphatic rings. The lowest BCUT2D eigenvalue weighted by atomic mass is 10.2. The summed E-state index contributed by atoms with van der Waals surface area (Å²) in [6.45, 7) is 7.79. The lowest BCUT2D eigenvalue weighted by Crippen LogP contribution is -2.46. The summed E-state index contributed by atoms with van der Waals surface area (Å²) in [5.41, 5.74) is 3.03. The Labute approximate surface area is 153 Å². The summed E-state index contributed by atoms with van der Waals surface area (Å²) in [5, 5.41) is 8.69. The molecule has 26 heavy (non-hydrogen) atoms. The molecule has 1 aromatic carbocycles. The zero-order valence-electron chi connectivity index (χ0n) is 15.6. The zero-order valence-corrected chi connectivity index (χ0v) is 15.6. The molecule has 1 saturated heterocycles. The van der Waals surface area contributed by atoms with Crippen LogP contribution >= 0.6 is 0 Å². The van der Waals surface area contributed by atoms with E-state index < -0.39 is 0 Å². The third kappa shape index (κ3) is 3.22. The van der Waals surface area contributed by atoms with Crippen LogP contribution in [0.3, 0.4) is 0 Å². The Hall–Kier alpha value is -2.67. The van der Waals surface area contributed by atoms with Gasteiger partial charge in [0, 0.05) is 25.8 Å². The number of morpholine rings is 1. The molecule has 0 bridgehead atoms. The molecule has 3 heterocycles. The van der Waals surface area contributed by atoms with Crippen molar-refractivity contribution in [2.75, 3.05) is 23.3 Å². The number of nitrogens with one attached hydrogen (secondary N) is 1. The Balaban J connectivity index is 1.75. The molecule has 7 nitrogen and oxygen atoms in total. The first-order chi connectivity index (χ1) is 12.5. The van der Waals surface area contributed by atoms with E-state index in [0.717, 1.165) is 35.6 Å². The molecule has 7 heteroatoms. The van der Waals surface area contributed by atoms with Crippen molar-refractivity contribution in [3.8, 4) is 0 Å². The van der Waals surface area contributed by atoms with Crippen LogP contribution in [0.15, 0.2) is 30.5 Å². The van der Waals surface area contributed by atoms with E-state index in [4.69, 9.17) is 14.7 Å². The zero-order chi connectivity index (χ0) is 18.3. The molecule has 2 aromatic heterocycles. The number of ether oxygens (including phenoxy) is 1. The first-order valence-electron chi connectivity index (χ1n) is 8.93. The van der Waals surface area contributed by atoms with Crippen LogP contribution in [0.2, 0.25) is 0 Å². The molecule has 0 aliphatic carbocycles. The molecule has 1 aliphatic heterocycles. The monoisotopic (exact) mass is 352 g/mol. The molecule has 1 fully saturated rings. The van der Waals surface area contributed by atoms with Crippen LogP contribution in [0.1, 0.15) is 19.4 Å². The standard InChI is InChI=1S/C19H24N6O/c1-12-5-7-15(8-6-12)21-17-16-9-20-24(4)18(16)23-19(22-17)25-10-13(2)26-14(3)11-25/h5-9,13-14H,10-11H2,1-4H3,(H,21,22,23)/t13-,14-/m1/s1. The Kier molecular flexibility index (Phi) is 4.24. The molecule has 136 valence electrons. The van der Waals surface area contributed by atoms with Crippen LogP contribution in [-0.4, -0.2) is 45.0 Å². The van der Waals surface area contributed by atoms with Gasteiger partial charge in [0.25, 0.3) is 0 Å². The maximum absolute atomic E-state index is 5.84. The third-order valence-corrected chi connectivity index (χ3v) is 4.60. The minimum atomic E-state index is 0.151. The van der Waals surface area contributed by atoms with Crippen molar-refractivity contribution in [1.82, 2.24) is 19.7 Å². The number of aromatic nitrogens is 4. The van der Waals surface area contributed by atoms with Crippen molar-refractivity contribution in [3.05, 3.63) is 36.0 Å². The maximum Gasteiger partial charge on any atom is 0.229 e. The molecule has 1 N–H and O–H groups in total. The second-order valence-corrected chi connectivity index (χ2v) is 7.03. The molecule has 0 amide bonds. The fourth-order valence-electron chi connectivity index (χ4n) is 3.36. The fourth-order valence-corrected chi connectivity index (χ4v) is 3.36. The Morgan fingerprint density at radius 1 is 1.08 bits per heavy atom. The SMILES string of the molecule is Cc1ccc(Nc2nc(N3C[C@@H](C)O[C@H](C)C3)nc3c2cnn3C)cc1. The van der Waals surface area contributed by atoms with Gasteiger partial charge in [0.15, 0.2) is 5.65 Å². The van der Waals surface area contributed by atoms with E-state index in [1.54, 1.807) is 10.9 Å². The highest BCUT2D eigenvalue weighted by molar-refractivity contribution is 5.89. The second-order valence-electron chi connectivity index (χ2n) is 7.03. The summed E-state index contributed by atoms with van der Waals surface area (Å²) in [6, 6.07) is 8.27. The molecule has 3 aromatic rings. The molecular weight excluding hydrogens is 328 g/mol. The number of rotatable bonds is 3. The number of nitrogens with zero attached hydrogens (tertiary/aromatic N) is 5. The van der Waals surface area contributed by atoms with Crippen molar-refractivity contribution in [3.63, 3.8) is 0 Å². The second kappa shape index (κ2) is 6.57. The average Bonchev–Trinajstić information content (AvgIpc) is 2.97. The highest BCUT2D eigenvalue weighted by atomic mass is 16.5. The van der Waals surface area contributed by atoms with E-state index in [2.05, 4.69) is 60.4 Å². The summed E-state index contributed by atoms with van der Waals surface area (Å²) >= 11 is 0. The van der Waals surface area contributed by atoms with E-state index >= 15 is 0 Å². The molecule has 0 unspecified atom stereocenters. The minimum Gasteiger partial charge on any atom is -0.372 e. The van der Waals surface area contributed by atoms with Crippen LogP contribution in [0.5, 0.6) is 0 Å². The van der Waals surface area contributed by atoms with E-state index in [1.165, 1.54) is 5.56 Å². The molecule has 2 atom stereocenters. The molecule has 0 saturated carbocycles. The van der Waals surface area contributed by atoms with Gasteiger partial charge in [0.1, 0.15) is 5.82 Å². The number of hydrogen-bond acceptors (Lipinski definition) is 6. The number of fused-ring (bicyclic) bond motifs is 1. The summed E-state index contributed by atoms with van der Waals surface area (Å²) in [6.07, 6.45) is 2.11. The minimum absolute atomic E-state index is 0.151. The summed E-state index contributed by atoms with van der Waals surface area (Å²) in [5.74, 6) is 1.48. The molecular formula is C19H24N6O. The van der Waals surface area contributed by atoms with Gasteiger partial charge in [-0.2, -0.15) is 15.1 Å². The molecule has 4 rings (SSSR count). The number of aryl methyl sites for hydroxylation is 2. The van der Waals surface area contributed by atoms with Crippen LogP contribution in [-0.2, 0) is 11.8 Å². The van der Waals surface area contributed by atoms with Gasteiger partial charge in [-0.15, -0.1) is 0 Å². The van der Waals surface area contributed by atoms with Crippen molar-refractivity contribution in [2.24, 2.45) is 7.05 Å². The van der Waals surface area contributed by atoms with Crippen molar-refractivity contribution >= 4 is 28.5 Å². The largest absolute Gasteiger partial charge is 0.372 e. The normalized spacial score (nSPS) is 20.5. The highest BCUT2D eigenvalue weighted by Crippen LogP contribution is 2.27. The maximum atomic E-state index is 5.84. The topological polar surface area (TPSA) is 68.1 Å². The number of benzene rings is 1. The summed E-state index contributed by atoms with van der Waals surface area (Å²) in [4.78, 5) is 11.8. The third-order valence-electron chi connectivity index (χ3n) is 4.60. The van der Waals surface area contributed by atoms with Crippen LogP contribution in [0.25, 0.3) is 11.0 Å².